The van der Waals surface area contributed by atoms with Gasteiger partial charge in [0.05, 0.1) is 15.6 Å². The quantitative estimate of drug-likeness (QED) is 0.247. The molecule has 4 rings (SSSR count). The Morgan fingerprint density at radius 1 is 0.941 bits per heavy atom. The minimum Gasteiger partial charge on any atom is -0.481 e. The number of benzene rings is 3. The van der Waals surface area contributed by atoms with Crippen LogP contribution in [0.4, 0.5) is 10.8 Å². The molecule has 6 heteroatoms. The number of carboxylic acids is 1. The van der Waals surface area contributed by atoms with Gasteiger partial charge in [0.2, 0.25) is 0 Å². The fraction of sp³-hybridized carbons (Fsp3) is 0.250. The van der Waals surface area contributed by atoms with E-state index in [-0.39, 0.29) is 12.2 Å². The van der Waals surface area contributed by atoms with Crippen LogP contribution in [-0.4, -0.2) is 21.8 Å². The topological polar surface area (TPSA) is 79.3 Å². The summed E-state index contributed by atoms with van der Waals surface area (Å²) in [7, 11) is 0. The van der Waals surface area contributed by atoms with Crippen molar-refractivity contribution in [3.63, 3.8) is 0 Å². The number of carbonyl (C=O) groups is 2. The molecular weight excluding hydrogens is 444 g/mol. The zero-order chi connectivity index (χ0) is 24.3. The second-order valence-corrected chi connectivity index (χ2v) is 9.69. The van der Waals surface area contributed by atoms with Gasteiger partial charge < -0.3 is 10.4 Å². The molecule has 0 aliphatic rings. The minimum absolute atomic E-state index is 0.0143. The lowest BCUT2D eigenvalue weighted by atomic mass is 9.77. The standard InChI is InChI=1S/C28H28N2O3S/c1-4-28(5-2,26(32)33)17-24(31)21-9-7-19(8-10-21)20-11-13-22(14-12-20)29-27-30-23-15-6-18(3)16-25(23)34-27/h6-16H,4-5,17H2,1-3H3,(H,29,30)(H,32,33). The first-order valence-corrected chi connectivity index (χ1v) is 12.3. The number of aromatic nitrogens is 1. The minimum atomic E-state index is -0.999. The van der Waals surface area contributed by atoms with Crippen LogP contribution >= 0.6 is 11.3 Å². The van der Waals surface area contributed by atoms with E-state index in [2.05, 4.69) is 29.4 Å². The summed E-state index contributed by atoms with van der Waals surface area (Å²) < 4.78 is 1.16. The number of fused-ring (bicyclic) bond motifs is 1. The molecule has 0 atom stereocenters. The number of nitrogens with one attached hydrogen (secondary N) is 1. The fourth-order valence-electron chi connectivity index (χ4n) is 4.09. The maximum absolute atomic E-state index is 12.8. The SMILES string of the molecule is CCC(CC)(CC(=O)c1ccc(-c2ccc(Nc3nc4ccc(C)cc4s3)cc2)cc1)C(=O)O. The highest BCUT2D eigenvalue weighted by atomic mass is 32.1. The Morgan fingerprint density at radius 3 is 2.15 bits per heavy atom. The first-order chi connectivity index (χ1) is 16.3. The molecule has 0 saturated heterocycles. The number of aliphatic carboxylic acids is 1. The predicted octanol–water partition coefficient (Wildman–Crippen LogP) is 7.48. The predicted molar refractivity (Wildman–Crippen MR) is 139 cm³/mol. The lowest BCUT2D eigenvalue weighted by Gasteiger charge is -2.25. The molecule has 0 saturated carbocycles. The third-order valence-corrected chi connectivity index (χ3v) is 7.46. The Balaban J connectivity index is 1.45. The van der Waals surface area contributed by atoms with E-state index in [4.69, 9.17) is 0 Å². The van der Waals surface area contributed by atoms with Crippen molar-refractivity contribution in [1.82, 2.24) is 4.98 Å². The van der Waals surface area contributed by atoms with Gasteiger partial charge >= 0.3 is 5.97 Å². The number of hydrogen-bond donors (Lipinski definition) is 2. The van der Waals surface area contributed by atoms with Crippen molar-refractivity contribution in [1.29, 1.82) is 0 Å². The number of carbonyl (C=O) groups excluding carboxylic acids is 1. The summed E-state index contributed by atoms with van der Waals surface area (Å²) in [5, 5.41) is 13.8. The summed E-state index contributed by atoms with van der Waals surface area (Å²) in [5.74, 6) is -1.04. The highest BCUT2D eigenvalue weighted by molar-refractivity contribution is 7.22. The summed E-state index contributed by atoms with van der Waals surface area (Å²) in [6, 6.07) is 21.7. The van der Waals surface area contributed by atoms with Gasteiger partial charge in [-0.05, 0) is 60.7 Å². The molecule has 5 nitrogen and oxygen atoms in total. The van der Waals surface area contributed by atoms with Gasteiger partial charge in [-0.2, -0.15) is 0 Å². The molecule has 0 amide bonds. The van der Waals surface area contributed by atoms with Crippen LogP contribution in [0.1, 0.15) is 49.0 Å². The molecule has 2 N–H and O–H groups in total. The van der Waals surface area contributed by atoms with E-state index in [0.29, 0.717) is 18.4 Å². The van der Waals surface area contributed by atoms with Crippen molar-refractivity contribution in [2.75, 3.05) is 5.32 Å². The van der Waals surface area contributed by atoms with Crippen molar-refractivity contribution in [2.45, 2.75) is 40.0 Å². The Hall–Kier alpha value is -3.51. The molecule has 3 aromatic carbocycles. The molecule has 0 spiro atoms. The number of nitrogens with zero attached hydrogens (tertiary/aromatic N) is 1. The Morgan fingerprint density at radius 2 is 1.56 bits per heavy atom. The van der Waals surface area contributed by atoms with Gasteiger partial charge in [0.25, 0.3) is 0 Å². The van der Waals surface area contributed by atoms with Crippen molar-refractivity contribution >= 4 is 44.1 Å². The third-order valence-electron chi connectivity index (χ3n) is 6.53. The second kappa shape index (κ2) is 9.77. The van der Waals surface area contributed by atoms with Gasteiger partial charge in [-0.25, -0.2) is 4.98 Å². The Labute approximate surface area is 203 Å². The van der Waals surface area contributed by atoms with Crippen LogP contribution in [-0.2, 0) is 4.79 Å². The molecule has 1 aromatic heterocycles. The van der Waals surface area contributed by atoms with Crippen molar-refractivity contribution in [3.05, 3.63) is 77.9 Å². The van der Waals surface area contributed by atoms with E-state index >= 15 is 0 Å². The number of hydrogen-bond acceptors (Lipinski definition) is 5. The highest BCUT2D eigenvalue weighted by Gasteiger charge is 2.37. The van der Waals surface area contributed by atoms with Crippen LogP contribution in [0, 0.1) is 12.3 Å². The van der Waals surface area contributed by atoms with Crippen LogP contribution in [0.15, 0.2) is 66.7 Å². The van der Waals surface area contributed by atoms with Crippen molar-refractivity contribution in [3.8, 4) is 11.1 Å². The maximum Gasteiger partial charge on any atom is 0.310 e. The fourth-order valence-corrected chi connectivity index (χ4v) is 5.08. The molecule has 0 fully saturated rings. The summed E-state index contributed by atoms with van der Waals surface area (Å²) >= 11 is 1.63. The molecule has 4 aromatic rings. The lowest BCUT2D eigenvalue weighted by molar-refractivity contribution is -0.149. The molecule has 0 bridgehead atoms. The number of Topliss-reactive ketones (excluding diaryl/α,β-unsaturated/α-hetero) is 1. The molecule has 0 unspecified atom stereocenters. The zero-order valence-corrected chi connectivity index (χ0v) is 20.4. The second-order valence-electron chi connectivity index (χ2n) is 8.66. The zero-order valence-electron chi connectivity index (χ0n) is 19.6. The molecule has 0 radical (unpaired) electrons. The number of thiazole rings is 1. The summed E-state index contributed by atoms with van der Waals surface area (Å²) in [5.41, 5.74) is 4.73. The monoisotopic (exact) mass is 472 g/mol. The van der Waals surface area contributed by atoms with Crippen LogP contribution < -0.4 is 5.32 Å². The number of anilines is 2. The van der Waals surface area contributed by atoms with Gasteiger partial charge in [-0.15, -0.1) is 0 Å². The van der Waals surface area contributed by atoms with E-state index < -0.39 is 11.4 Å². The van der Waals surface area contributed by atoms with Crippen molar-refractivity contribution < 1.29 is 14.7 Å². The number of aryl methyl sites for hydroxylation is 1. The molecule has 0 aliphatic heterocycles. The van der Waals surface area contributed by atoms with Gasteiger partial charge in [0.15, 0.2) is 10.9 Å². The molecule has 0 aliphatic carbocycles. The Kier molecular flexibility index (Phi) is 6.80. The first-order valence-electron chi connectivity index (χ1n) is 11.4. The van der Waals surface area contributed by atoms with Crippen LogP contribution in [0.25, 0.3) is 21.3 Å². The van der Waals surface area contributed by atoms with Crippen LogP contribution in [0.5, 0.6) is 0 Å². The van der Waals surface area contributed by atoms with E-state index in [9.17, 15) is 14.7 Å². The normalized spacial score (nSPS) is 11.5. The van der Waals surface area contributed by atoms with Crippen LogP contribution in [0.3, 0.4) is 0 Å². The smallest absolute Gasteiger partial charge is 0.310 e. The molecule has 1 heterocycles. The lowest BCUT2D eigenvalue weighted by Crippen LogP contribution is -2.32. The number of carboxylic acid groups (broad SMARTS) is 1. The average Bonchev–Trinajstić information content (AvgIpc) is 3.24. The van der Waals surface area contributed by atoms with E-state index in [1.165, 1.54) is 5.56 Å². The number of rotatable bonds is 9. The van der Waals surface area contributed by atoms with Crippen molar-refractivity contribution in [2.24, 2.45) is 5.41 Å². The summed E-state index contributed by atoms with van der Waals surface area (Å²) in [6.45, 7) is 5.72. The van der Waals surface area contributed by atoms with Gasteiger partial charge in [0.1, 0.15) is 0 Å². The molecule has 34 heavy (non-hydrogen) atoms. The van der Waals surface area contributed by atoms with E-state index in [0.717, 1.165) is 32.2 Å². The summed E-state index contributed by atoms with van der Waals surface area (Å²) in [4.78, 5) is 29.1. The molecular formula is C28H28N2O3S. The maximum atomic E-state index is 12.8. The largest absolute Gasteiger partial charge is 0.481 e. The van der Waals surface area contributed by atoms with E-state index in [1.54, 1.807) is 23.5 Å². The summed E-state index contributed by atoms with van der Waals surface area (Å²) in [6.07, 6.45) is 0.875. The first kappa shape index (κ1) is 23.6. The average molecular weight is 473 g/mol. The number of ketones is 1. The van der Waals surface area contributed by atoms with Gasteiger partial charge in [-0.1, -0.05) is 67.6 Å². The van der Waals surface area contributed by atoms with Gasteiger partial charge in [0, 0.05) is 17.7 Å². The van der Waals surface area contributed by atoms with Gasteiger partial charge in [-0.3, -0.25) is 9.59 Å². The highest BCUT2D eigenvalue weighted by Crippen LogP contribution is 2.33. The third kappa shape index (κ3) is 4.87. The van der Waals surface area contributed by atoms with Crippen LogP contribution in [0.2, 0.25) is 0 Å². The Bertz CT molecular complexity index is 1320. The molecule has 174 valence electrons. The van der Waals surface area contributed by atoms with E-state index in [1.807, 2.05) is 56.3 Å².